The summed E-state index contributed by atoms with van der Waals surface area (Å²) in [6.07, 6.45) is 0.835. The number of nitrogens with one attached hydrogen (secondary N) is 1. The van der Waals surface area contributed by atoms with Gasteiger partial charge in [0.25, 0.3) is 0 Å². The fraction of sp³-hybridized carbons (Fsp3) is 0.125. The van der Waals surface area contributed by atoms with E-state index in [-0.39, 0.29) is 5.78 Å². The number of benzene rings is 1. The van der Waals surface area contributed by atoms with Crippen molar-refractivity contribution in [3.8, 4) is 0 Å². The molecule has 1 N–H and O–H groups in total. The lowest BCUT2D eigenvalue weighted by Crippen LogP contribution is -2.23. The second-order valence-corrected chi connectivity index (χ2v) is 5.58. The van der Waals surface area contributed by atoms with Crippen molar-refractivity contribution in [3.63, 3.8) is 0 Å². The number of hydrogen-bond acceptors (Lipinski definition) is 4. The summed E-state index contributed by atoms with van der Waals surface area (Å²) in [5.41, 5.74) is 1.43. The van der Waals surface area contributed by atoms with Crippen molar-refractivity contribution in [1.82, 2.24) is 4.98 Å². The van der Waals surface area contributed by atoms with Crippen LogP contribution in [0.2, 0.25) is 0 Å². The largest absolute Gasteiger partial charge is 0.450 e. The lowest BCUT2D eigenvalue weighted by atomic mass is 10.1. The molecule has 1 aromatic carbocycles. The normalized spacial score (nSPS) is 12.2. The van der Waals surface area contributed by atoms with Crippen LogP contribution in [0.15, 0.2) is 48.0 Å². The van der Waals surface area contributed by atoms with Gasteiger partial charge in [0, 0.05) is 22.7 Å². The smallest absolute Gasteiger partial charge is 0.349 e. The summed E-state index contributed by atoms with van der Waals surface area (Å²) in [6, 6.07) is 11.0. The predicted molar refractivity (Wildman–Crippen MR) is 81.8 cm³/mol. The molecule has 0 amide bonds. The highest BCUT2D eigenvalue weighted by atomic mass is 32.1. The molecule has 0 aliphatic heterocycles. The molecule has 0 spiro atoms. The highest BCUT2D eigenvalue weighted by Gasteiger charge is 2.23. The van der Waals surface area contributed by atoms with E-state index in [0.29, 0.717) is 10.4 Å². The van der Waals surface area contributed by atoms with Crippen molar-refractivity contribution >= 4 is 34.0 Å². The summed E-state index contributed by atoms with van der Waals surface area (Å²) in [4.78, 5) is 27.9. The highest BCUT2D eigenvalue weighted by Crippen LogP contribution is 2.20. The second-order valence-electron chi connectivity index (χ2n) is 4.64. The summed E-state index contributed by atoms with van der Waals surface area (Å²) < 4.78 is 5.24. The number of aromatic amines is 1. The molecule has 0 radical (unpaired) electrons. The number of rotatable bonds is 4. The van der Waals surface area contributed by atoms with E-state index in [1.54, 1.807) is 30.6 Å². The van der Waals surface area contributed by atoms with Crippen LogP contribution in [0.25, 0.3) is 10.9 Å². The topological polar surface area (TPSA) is 59.2 Å². The van der Waals surface area contributed by atoms with Gasteiger partial charge in [-0.25, -0.2) is 4.79 Å². The van der Waals surface area contributed by atoms with Gasteiger partial charge in [0.15, 0.2) is 6.10 Å². The number of carbonyl (C=O) groups is 2. The average molecular weight is 299 g/mol. The van der Waals surface area contributed by atoms with E-state index in [9.17, 15) is 9.59 Å². The maximum Gasteiger partial charge on any atom is 0.349 e. The molecule has 3 aromatic rings. The first-order valence-corrected chi connectivity index (χ1v) is 7.39. The number of H-pyrrole nitrogens is 1. The van der Waals surface area contributed by atoms with Crippen LogP contribution in [0.5, 0.6) is 0 Å². The highest BCUT2D eigenvalue weighted by molar-refractivity contribution is 7.11. The summed E-state index contributed by atoms with van der Waals surface area (Å²) in [5.74, 6) is -0.678. The molecule has 0 saturated carbocycles. The van der Waals surface area contributed by atoms with Gasteiger partial charge < -0.3 is 9.72 Å². The van der Waals surface area contributed by atoms with Crippen LogP contribution in [0.3, 0.4) is 0 Å². The van der Waals surface area contributed by atoms with Crippen LogP contribution >= 0.6 is 11.3 Å². The molecule has 2 heterocycles. The Kier molecular flexibility index (Phi) is 3.58. The Balaban J connectivity index is 1.80. The molecule has 1 atom stereocenters. The van der Waals surface area contributed by atoms with Gasteiger partial charge in [-0.15, -0.1) is 11.3 Å². The number of ketones is 1. The zero-order valence-electron chi connectivity index (χ0n) is 11.3. The Morgan fingerprint density at radius 1 is 1.19 bits per heavy atom. The van der Waals surface area contributed by atoms with Crippen LogP contribution in [-0.4, -0.2) is 22.8 Å². The number of hydrogen-bond donors (Lipinski definition) is 1. The zero-order valence-corrected chi connectivity index (χ0v) is 12.1. The van der Waals surface area contributed by atoms with E-state index < -0.39 is 12.1 Å². The lowest BCUT2D eigenvalue weighted by molar-refractivity contribution is 0.0324. The van der Waals surface area contributed by atoms with E-state index >= 15 is 0 Å². The van der Waals surface area contributed by atoms with Gasteiger partial charge in [-0.1, -0.05) is 24.3 Å². The van der Waals surface area contributed by atoms with E-state index in [1.807, 2.05) is 24.3 Å². The van der Waals surface area contributed by atoms with Crippen LogP contribution in [0, 0.1) is 0 Å². The SMILES string of the molecule is CC(OC(=O)c1cccs1)C(=O)c1c[nH]c2ccccc12. The monoisotopic (exact) mass is 299 g/mol. The lowest BCUT2D eigenvalue weighted by Gasteiger charge is -2.11. The third-order valence-electron chi connectivity index (χ3n) is 3.23. The molecule has 4 nitrogen and oxygen atoms in total. The van der Waals surface area contributed by atoms with Crippen molar-refractivity contribution < 1.29 is 14.3 Å². The van der Waals surface area contributed by atoms with E-state index in [2.05, 4.69) is 4.98 Å². The van der Waals surface area contributed by atoms with E-state index in [4.69, 9.17) is 4.74 Å². The summed E-state index contributed by atoms with van der Waals surface area (Å²) in [6.45, 7) is 1.59. The Morgan fingerprint density at radius 3 is 2.76 bits per heavy atom. The first-order valence-electron chi connectivity index (χ1n) is 6.51. The molecule has 21 heavy (non-hydrogen) atoms. The van der Waals surface area contributed by atoms with Gasteiger partial charge in [0.1, 0.15) is 4.88 Å². The van der Waals surface area contributed by atoms with E-state index in [0.717, 1.165) is 10.9 Å². The van der Waals surface area contributed by atoms with Crippen molar-refractivity contribution in [3.05, 3.63) is 58.4 Å². The fourth-order valence-corrected chi connectivity index (χ4v) is 2.77. The Hall–Kier alpha value is -2.40. The van der Waals surface area contributed by atoms with Crippen molar-refractivity contribution in [2.75, 3.05) is 0 Å². The third kappa shape index (κ3) is 2.60. The van der Waals surface area contributed by atoms with Crippen molar-refractivity contribution in [2.24, 2.45) is 0 Å². The van der Waals surface area contributed by atoms with Crippen molar-refractivity contribution in [1.29, 1.82) is 0 Å². The Bertz CT molecular complexity index is 789. The van der Waals surface area contributed by atoms with Crippen LogP contribution < -0.4 is 0 Å². The number of carbonyl (C=O) groups excluding carboxylic acids is 2. The molecule has 0 saturated heterocycles. The standard InChI is InChI=1S/C16H13NO3S/c1-10(20-16(19)14-7-4-8-21-14)15(18)12-9-17-13-6-3-2-5-11(12)13/h2-10,17H,1H3. The van der Waals surface area contributed by atoms with Crippen LogP contribution in [0.4, 0.5) is 0 Å². The first-order chi connectivity index (χ1) is 10.2. The minimum Gasteiger partial charge on any atom is -0.450 e. The molecule has 5 heteroatoms. The van der Waals surface area contributed by atoms with Gasteiger partial charge in [0.05, 0.1) is 0 Å². The quantitative estimate of drug-likeness (QED) is 0.591. The van der Waals surface area contributed by atoms with Gasteiger partial charge >= 0.3 is 5.97 Å². The van der Waals surface area contributed by atoms with E-state index in [1.165, 1.54) is 11.3 Å². The molecule has 1 unspecified atom stereocenters. The predicted octanol–water partition coefficient (Wildman–Crippen LogP) is 3.66. The van der Waals surface area contributed by atoms with Gasteiger partial charge in [0.2, 0.25) is 5.78 Å². The number of ether oxygens (including phenoxy) is 1. The van der Waals surface area contributed by atoms with Gasteiger partial charge in [-0.2, -0.15) is 0 Å². The number of aromatic nitrogens is 1. The number of fused-ring (bicyclic) bond motifs is 1. The first kappa shape index (κ1) is 13.6. The van der Waals surface area contributed by atoms with Crippen molar-refractivity contribution in [2.45, 2.75) is 13.0 Å². The number of thiophene rings is 1. The minimum atomic E-state index is -0.821. The summed E-state index contributed by atoms with van der Waals surface area (Å²) >= 11 is 1.29. The number of esters is 1. The third-order valence-corrected chi connectivity index (χ3v) is 4.08. The minimum absolute atomic E-state index is 0.211. The number of para-hydroxylation sites is 1. The van der Waals surface area contributed by atoms with Crippen LogP contribution in [-0.2, 0) is 4.74 Å². The molecule has 2 aromatic heterocycles. The van der Waals surface area contributed by atoms with Gasteiger partial charge in [-0.05, 0) is 24.4 Å². The molecule has 3 rings (SSSR count). The van der Waals surface area contributed by atoms with Gasteiger partial charge in [-0.3, -0.25) is 4.79 Å². The fourth-order valence-electron chi connectivity index (χ4n) is 2.16. The Labute approximate surface area is 125 Å². The average Bonchev–Trinajstić information content (AvgIpc) is 3.15. The summed E-state index contributed by atoms with van der Waals surface area (Å²) in [7, 11) is 0. The summed E-state index contributed by atoms with van der Waals surface area (Å²) in [5, 5.41) is 2.63. The molecule has 0 bridgehead atoms. The molecule has 0 aliphatic rings. The molecule has 106 valence electrons. The maximum atomic E-state index is 12.4. The Morgan fingerprint density at radius 2 is 2.00 bits per heavy atom. The second kappa shape index (κ2) is 5.54. The molecule has 0 aliphatic carbocycles. The molecule has 0 fully saturated rings. The molecular weight excluding hydrogens is 286 g/mol. The van der Waals surface area contributed by atoms with Crippen LogP contribution in [0.1, 0.15) is 27.0 Å². The zero-order chi connectivity index (χ0) is 14.8. The molecular formula is C16H13NO3S. The maximum absolute atomic E-state index is 12.4. The number of Topliss-reactive ketones (excluding diaryl/α,β-unsaturated/α-hetero) is 1.